The molecule has 4 aromatic heterocycles. The molecule has 0 aliphatic rings. The van der Waals surface area contributed by atoms with Crippen LogP contribution >= 0.6 is 11.3 Å². The highest BCUT2D eigenvalue weighted by Gasteiger charge is 2.21. The van der Waals surface area contributed by atoms with Gasteiger partial charge in [0.05, 0.1) is 22.1 Å². The summed E-state index contributed by atoms with van der Waals surface area (Å²) in [5.74, 6) is 1.97. The molecule has 0 fully saturated rings. The standard InChI is InChI=1S/C55H33N5S/c1-4-16-34(17-5-1)53-56-54(35-18-6-2-7-19-35)58-55(57-53)44-33-51-52(41-25-11-10-22-38(41)44)45-30-37(28-29-50(45)61-51)60-47-27-15-13-24-40(47)43-31-48-42(32-49(43)60)39-23-12-14-26-46(39)59(48)36-20-8-3-9-21-36/h1-33H. The Morgan fingerprint density at radius 1 is 0.311 bits per heavy atom. The van der Waals surface area contributed by atoms with E-state index in [1.807, 2.05) is 47.7 Å². The second-order valence-electron chi connectivity index (χ2n) is 15.6. The summed E-state index contributed by atoms with van der Waals surface area (Å²) in [4.78, 5) is 15.3. The fourth-order valence-corrected chi connectivity index (χ4v) is 10.6. The van der Waals surface area contributed by atoms with Gasteiger partial charge in [-0.25, -0.2) is 15.0 Å². The molecule has 61 heavy (non-hydrogen) atoms. The van der Waals surface area contributed by atoms with Gasteiger partial charge in [0.15, 0.2) is 17.5 Å². The van der Waals surface area contributed by atoms with Crippen molar-refractivity contribution in [2.45, 2.75) is 0 Å². The molecule has 13 rings (SSSR count). The summed E-state index contributed by atoms with van der Waals surface area (Å²) in [6.07, 6.45) is 0. The number of fused-ring (bicyclic) bond motifs is 11. The molecule has 13 aromatic rings. The number of nitrogens with zero attached hydrogens (tertiary/aromatic N) is 5. The Balaban J connectivity index is 1.04. The third-order valence-electron chi connectivity index (χ3n) is 12.1. The SMILES string of the molecule is c1ccc(-c2nc(-c3ccccc3)nc(-c3cc4sc5ccc(-n6c7ccccc7c7cc8c(cc76)c6ccccc6n8-c6ccccc6)cc5c4c4ccccc34)n2)cc1. The third-order valence-corrected chi connectivity index (χ3v) is 13.3. The van der Waals surface area contributed by atoms with Gasteiger partial charge in [-0.15, -0.1) is 11.3 Å². The van der Waals surface area contributed by atoms with Crippen LogP contribution < -0.4 is 0 Å². The highest BCUT2D eigenvalue weighted by molar-refractivity contribution is 7.26. The van der Waals surface area contributed by atoms with Crippen LogP contribution in [0.3, 0.4) is 0 Å². The molecule has 0 atom stereocenters. The maximum Gasteiger partial charge on any atom is 0.164 e. The highest BCUT2D eigenvalue weighted by Crippen LogP contribution is 2.45. The zero-order valence-corrected chi connectivity index (χ0v) is 33.5. The van der Waals surface area contributed by atoms with E-state index in [1.165, 1.54) is 69.2 Å². The average Bonchev–Trinajstić information content (AvgIpc) is 3.98. The minimum absolute atomic E-state index is 0.655. The van der Waals surface area contributed by atoms with Gasteiger partial charge < -0.3 is 9.13 Å². The van der Waals surface area contributed by atoms with E-state index in [2.05, 4.69) is 173 Å². The Labute approximate surface area is 354 Å². The van der Waals surface area contributed by atoms with Crippen molar-refractivity contribution in [1.82, 2.24) is 24.1 Å². The smallest absolute Gasteiger partial charge is 0.164 e. The van der Waals surface area contributed by atoms with E-state index < -0.39 is 0 Å². The van der Waals surface area contributed by atoms with Crippen LogP contribution in [0.25, 0.3) is 120 Å². The van der Waals surface area contributed by atoms with Crippen molar-refractivity contribution >= 4 is 85.9 Å². The van der Waals surface area contributed by atoms with E-state index in [-0.39, 0.29) is 0 Å². The number of benzene rings is 9. The van der Waals surface area contributed by atoms with Gasteiger partial charge in [-0.05, 0) is 71.4 Å². The molecule has 5 nitrogen and oxygen atoms in total. The lowest BCUT2D eigenvalue weighted by Gasteiger charge is -2.12. The van der Waals surface area contributed by atoms with Crippen LogP contribution in [-0.2, 0) is 0 Å². The first-order chi connectivity index (χ1) is 30.2. The summed E-state index contributed by atoms with van der Waals surface area (Å²) in [5, 5.41) is 9.71. The zero-order valence-electron chi connectivity index (χ0n) is 32.7. The first-order valence-corrected chi connectivity index (χ1v) is 21.3. The van der Waals surface area contributed by atoms with Crippen LogP contribution in [-0.4, -0.2) is 24.1 Å². The van der Waals surface area contributed by atoms with Gasteiger partial charge in [0.25, 0.3) is 0 Å². The van der Waals surface area contributed by atoms with Gasteiger partial charge >= 0.3 is 0 Å². The molecular formula is C55H33N5S. The summed E-state index contributed by atoms with van der Waals surface area (Å²) in [6.45, 7) is 0. The molecular weight excluding hydrogens is 763 g/mol. The Morgan fingerprint density at radius 3 is 1.41 bits per heavy atom. The summed E-state index contributed by atoms with van der Waals surface area (Å²) >= 11 is 1.82. The Bertz CT molecular complexity index is 3810. The minimum atomic E-state index is 0.655. The molecule has 0 saturated heterocycles. The molecule has 0 aliphatic carbocycles. The number of hydrogen-bond donors (Lipinski definition) is 0. The predicted molar refractivity (Wildman–Crippen MR) is 255 cm³/mol. The molecule has 4 heterocycles. The van der Waals surface area contributed by atoms with Crippen LogP contribution in [0.15, 0.2) is 200 Å². The number of aromatic nitrogens is 5. The molecule has 0 amide bonds. The lowest BCUT2D eigenvalue weighted by Crippen LogP contribution is -2.00. The van der Waals surface area contributed by atoms with Crippen molar-refractivity contribution in [2.24, 2.45) is 0 Å². The molecule has 0 radical (unpaired) electrons. The number of thiophene rings is 1. The second kappa shape index (κ2) is 13.3. The van der Waals surface area contributed by atoms with Crippen molar-refractivity contribution in [2.75, 3.05) is 0 Å². The van der Waals surface area contributed by atoms with E-state index in [1.54, 1.807) is 0 Å². The van der Waals surface area contributed by atoms with Crippen molar-refractivity contribution in [3.05, 3.63) is 200 Å². The van der Waals surface area contributed by atoms with Gasteiger partial charge in [-0.2, -0.15) is 0 Å². The molecule has 0 unspecified atom stereocenters. The van der Waals surface area contributed by atoms with Crippen molar-refractivity contribution < 1.29 is 0 Å². The lowest BCUT2D eigenvalue weighted by molar-refractivity contribution is 1.08. The normalized spacial score (nSPS) is 11.9. The molecule has 0 aliphatic heterocycles. The Morgan fingerprint density at radius 2 is 0.803 bits per heavy atom. The molecule has 6 heteroatoms. The monoisotopic (exact) mass is 795 g/mol. The summed E-state index contributed by atoms with van der Waals surface area (Å²) in [7, 11) is 0. The van der Waals surface area contributed by atoms with Gasteiger partial charge in [-0.3, -0.25) is 0 Å². The van der Waals surface area contributed by atoms with Crippen LogP contribution in [0.1, 0.15) is 0 Å². The van der Waals surface area contributed by atoms with E-state index in [9.17, 15) is 0 Å². The molecule has 0 spiro atoms. The van der Waals surface area contributed by atoms with Gasteiger partial charge in [-0.1, -0.05) is 140 Å². The van der Waals surface area contributed by atoms with Crippen molar-refractivity contribution in [1.29, 1.82) is 0 Å². The Hall–Kier alpha value is -7.93. The van der Waals surface area contributed by atoms with Crippen molar-refractivity contribution in [3.8, 4) is 45.5 Å². The van der Waals surface area contributed by atoms with Gasteiger partial charge in [0.1, 0.15) is 0 Å². The molecule has 0 N–H and O–H groups in total. The molecule has 284 valence electrons. The summed E-state index contributed by atoms with van der Waals surface area (Å²) in [6, 6.07) is 71.4. The summed E-state index contributed by atoms with van der Waals surface area (Å²) < 4.78 is 7.29. The first-order valence-electron chi connectivity index (χ1n) is 20.5. The topological polar surface area (TPSA) is 48.5 Å². The average molecular weight is 796 g/mol. The minimum Gasteiger partial charge on any atom is -0.309 e. The molecule has 9 aromatic carbocycles. The number of rotatable bonds is 5. The quantitative estimate of drug-likeness (QED) is 0.174. The van der Waals surface area contributed by atoms with Crippen LogP contribution in [0, 0.1) is 0 Å². The first kappa shape index (κ1) is 34.0. The fourth-order valence-electron chi connectivity index (χ4n) is 9.45. The van der Waals surface area contributed by atoms with Gasteiger partial charge in [0.2, 0.25) is 0 Å². The number of hydrogen-bond acceptors (Lipinski definition) is 4. The van der Waals surface area contributed by atoms with Crippen molar-refractivity contribution in [3.63, 3.8) is 0 Å². The molecule has 0 saturated carbocycles. The third kappa shape index (κ3) is 5.22. The maximum absolute atomic E-state index is 5.15. The van der Waals surface area contributed by atoms with E-state index >= 15 is 0 Å². The Kier molecular flexibility index (Phi) is 7.41. The largest absolute Gasteiger partial charge is 0.309 e. The molecule has 0 bridgehead atoms. The van der Waals surface area contributed by atoms with E-state index in [0.717, 1.165) is 33.5 Å². The van der Waals surface area contributed by atoms with Crippen LogP contribution in [0.5, 0.6) is 0 Å². The predicted octanol–water partition coefficient (Wildman–Crippen LogP) is 14.6. The van der Waals surface area contributed by atoms with E-state index in [4.69, 9.17) is 15.0 Å². The van der Waals surface area contributed by atoms with E-state index in [0.29, 0.717) is 17.5 Å². The fraction of sp³-hybridized carbons (Fsp3) is 0. The number of para-hydroxylation sites is 3. The highest BCUT2D eigenvalue weighted by atomic mass is 32.1. The lowest BCUT2D eigenvalue weighted by atomic mass is 9.98. The maximum atomic E-state index is 5.15. The summed E-state index contributed by atoms with van der Waals surface area (Å²) in [5.41, 5.74) is 9.97. The van der Waals surface area contributed by atoms with Crippen LogP contribution in [0.2, 0.25) is 0 Å². The van der Waals surface area contributed by atoms with Gasteiger partial charge in [0, 0.05) is 69.8 Å². The zero-order chi connectivity index (χ0) is 40.0. The second-order valence-corrected chi connectivity index (χ2v) is 16.7. The van der Waals surface area contributed by atoms with Crippen LogP contribution in [0.4, 0.5) is 0 Å².